The molecule has 4 aromatic carbocycles. The number of imidazole rings is 1. The largest absolute Gasteiger partial charge is 0.345 e. The summed E-state index contributed by atoms with van der Waals surface area (Å²) in [7, 11) is -3.81. The van der Waals surface area contributed by atoms with E-state index < -0.39 is 10.0 Å². The maximum Gasteiger partial charge on any atom is 0.262 e. The summed E-state index contributed by atoms with van der Waals surface area (Å²) >= 11 is 0. The third-order valence-electron chi connectivity index (χ3n) is 5.75. The summed E-state index contributed by atoms with van der Waals surface area (Å²) in [5.41, 5.74) is 5.42. The van der Waals surface area contributed by atoms with Crippen molar-refractivity contribution in [3.8, 4) is 11.1 Å². The molecule has 0 unspecified atom stereocenters. The van der Waals surface area contributed by atoms with Gasteiger partial charge in [0.25, 0.3) is 10.0 Å². The number of benzene rings is 4. The molecule has 174 valence electrons. The number of H-pyrrole nitrogens is 1. The number of nitrogens with zero attached hydrogens (tertiary/aromatic N) is 1. The number of aromatic amines is 1. The van der Waals surface area contributed by atoms with Gasteiger partial charge >= 0.3 is 0 Å². The highest BCUT2D eigenvalue weighted by Gasteiger charge is 2.19. The van der Waals surface area contributed by atoms with Gasteiger partial charge in [0.1, 0.15) is 5.78 Å². The Balaban J connectivity index is 1.27. The molecule has 0 saturated heterocycles. The molecular formula is C28H23N3O3S. The fraction of sp³-hybridized carbons (Fsp3) is 0.0714. The van der Waals surface area contributed by atoms with Crippen LogP contribution in [0, 0.1) is 0 Å². The Morgan fingerprint density at radius 3 is 2.29 bits per heavy atom. The third kappa shape index (κ3) is 5.15. The first-order valence-corrected chi connectivity index (χ1v) is 12.7. The lowest BCUT2D eigenvalue weighted by atomic mass is 10.0. The molecule has 0 aliphatic heterocycles. The van der Waals surface area contributed by atoms with Gasteiger partial charge in [0.05, 0.1) is 22.3 Å². The van der Waals surface area contributed by atoms with Crippen LogP contribution in [0.1, 0.15) is 11.1 Å². The van der Waals surface area contributed by atoms with E-state index in [4.69, 9.17) is 0 Å². The minimum Gasteiger partial charge on any atom is -0.345 e. The number of carbonyl (C=O) groups is 1. The maximum atomic E-state index is 13.2. The Labute approximate surface area is 203 Å². The summed E-state index contributed by atoms with van der Waals surface area (Å²) in [4.78, 5) is 20.0. The van der Waals surface area contributed by atoms with Crippen LogP contribution in [0.15, 0.2) is 108 Å². The molecule has 0 spiro atoms. The van der Waals surface area contributed by atoms with Crippen molar-refractivity contribution >= 4 is 32.5 Å². The number of sulfonamides is 1. The third-order valence-corrected chi connectivity index (χ3v) is 7.19. The van der Waals surface area contributed by atoms with Crippen LogP contribution in [0.3, 0.4) is 0 Å². The van der Waals surface area contributed by atoms with Crippen LogP contribution in [0.5, 0.6) is 0 Å². The van der Waals surface area contributed by atoms with E-state index in [0.29, 0.717) is 17.7 Å². The second-order valence-electron chi connectivity index (χ2n) is 8.31. The number of Topliss-reactive ketones (excluding diaryl/α,β-unsaturated/α-hetero) is 1. The molecule has 2 N–H and O–H groups in total. The fourth-order valence-corrected chi connectivity index (χ4v) is 5.36. The number of aromatic nitrogens is 2. The molecule has 5 aromatic rings. The molecule has 1 heterocycles. The van der Waals surface area contributed by atoms with E-state index in [2.05, 4.69) is 14.7 Å². The molecule has 0 radical (unpaired) electrons. The number of rotatable bonds is 8. The van der Waals surface area contributed by atoms with Crippen molar-refractivity contribution < 1.29 is 13.2 Å². The van der Waals surface area contributed by atoms with E-state index in [0.717, 1.165) is 27.7 Å². The molecule has 6 nitrogen and oxygen atoms in total. The lowest BCUT2D eigenvalue weighted by molar-refractivity contribution is -0.117. The Bertz CT molecular complexity index is 1590. The van der Waals surface area contributed by atoms with Crippen molar-refractivity contribution in [2.45, 2.75) is 17.7 Å². The highest BCUT2D eigenvalue weighted by Crippen LogP contribution is 2.28. The Morgan fingerprint density at radius 2 is 1.49 bits per heavy atom. The number of anilines is 1. The van der Waals surface area contributed by atoms with Gasteiger partial charge in [0, 0.05) is 24.1 Å². The number of ketones is 1. The predicted octanol–water partition coefficient (Wildman–Crippen LogP) is 5.39. The van der Waals surface area contributed by atoms with E-state index >= 15 is 0 Å². The minimum absolute atomic E-state index is 0.0778. The normalized spacial score (nSPS) is 11.4. The number of fused-ring (bicyclic) bond motifs is 1. The molecule has 0 bridgehead atoms. The number of carbonyl (C=O) groups excluding carboxylic acids is 1. The summed E-state index contributed by atoms with van der Waals surface area (Å²) in [6.45, 7) is 0. The summed E-state index contributed by atoms with van der Waals surface area (Å²) < 4.78 is 29.0. The number of hydrogen-bond donors (Lipinski definition) is 2. The number of nitrogens with one attached hydrogen (secondary N) is 2. The van der Waals surface area contributed by atoms with Gasteiger partial charge in [-0.15, -0.1) is 0 Å². The van der Waals surface area contributed by atoms with Gasteiger partial charge in [-0.3, -0.25) is 9.52 Å². The SMILES string of the molecule is O=C(Cc1ccc(NS(=O)(=O)c2ccccc2-c2ccccc2)cc1)Cc1ccc2nc[nH]c2c1. The highest BCUT2D eigenvalue weighted by molar-refractivity contribution is 7.92. The molecule has 0 fully saturated rings. The average Bonchev–Trinajstić information content (AvgIpc) is 3.34. The van der Waals surface area contributed by atoms with E-state index in [-0.39, 0.29) is 17.1 Å². The highest BCUT2D eigenvalue weighted by atomic mass is 32.2. The van der Waals surface area contributed by atoms with E-state index in [1.807, 2.05) is 54.6 Å². The molecule has 0 atom stereocenters. The van der Waals surface area contributed by atoms with Gasteiger partial charge in [-0.05, 0) is 47.0 Å². The van der Waals surface area contributed by atoms with Gasteiger partial charge in [-0.25, -0.2) is 13.4 Å². The van der Waals surface area contributed by atoms with Crippen molar-refractivity contribution in [2.24, 2.45) is 0 Å². The van der Waals surface area contributed by atoms with Crippen molar-refractivity contribution in [3.05, 3.63) is 115 Å². The molecular weight excluding hydrogens is 458 g/mol. The molecule has 0 saturated carbocycles. The van der Waals surface area contributed by atoms with Gasteiger partial charge in [-0.2, -0.15) is 0 Å². The first-order chi connectivity index (χ1) is 17.0. The minimum atomic E-state index is -3.81. The van der Waals surface area contributed by atoms with Crippen LogP contribution in [0.25, 0.3) is 22.2 Å². The summed E-state index contributed by atoms with van der Waals surface area (Å²) in [5, 5.41) is 0. The second kappa shape index (κ2) is 9.56. The molecule has 0 aliphatic carbocycles. The Kier molecular flexibility index (Phi) is 6.16. The lowest BCUT2D eigenvalue weighted by Crippen LogP contribution is -2.14. The smallest absolute Gasteiger partial charge is 0.262 e. The topological polar surface area (TPSA) is 91.9 Å². The molecule has 0 aliphatic rings. The average molecular weight is 482 g/mol. The predicted molar refractivity (Wildman–Crippen MR) is 138 cm³/mol. The lowest BCUT2D eigenvalue weighted by Gasteiger charge is -2.13. The zero-order chi connectivity index (χ0) is 24.3. The van der Waals surface area contributed by atoms with Crippen molar-refractivity contribution in [3.63, 3.8) is 0 Å². The zero-order valence-corrected chi connectivity index (χ0v) is 19.6. The molecule has 35 heavy (non-hydrogen) atoms. The van der Waals surface area contributed by atoms with E-state index in [1.54, 1.807) is 48.8 Å². The van der Waals surface area contributed by atoms with Crippen LogP contribution >= 0.6 is 0 Å². The summed E-state index contributed by atoms with van der Waals surface area (Å²) in [6, 6.07) is 29.0. The Morgan fingerprint density at radius 1 is 0.800 bits per heavy atom. The quantitative estimate of drug-likeness (QED) is 0.311. The summed E-state index contributed by atoms with van der Waals surface area (Å²) in [5.74, 6) is 0.0778. The molecule has 7 heteroatoms. The monoisotopic (exact) mass is 481 g/mol. The van der Waals surface area contributed by atoms with Crippen LogP contribution in [-0.2, 0) is 27.7 Å². The molecule has 0 amide bonds. The van der Waals surface area contributed by atoms with Gasteiger partial charge in [0.15, 0.2) is 0 Å². The van der Waals surface area contributed by atoms with Crippen molar-refractivity contribution in [2.75, 3.05) is 4.72 Å². The van der Waals surface area contributed by atoms with Crippen molar-refractivity contribution in [1.82, 2.24) is 9.97 Å². The van der Waals surface area contributed by atoms with E-state index in [1.165, 1.54) is 0 Å². The molecule has 1 aromatic heterocycles. The van der Waals surface area contributed by atoms with Crippen LogP contribution in [0.4, 0.5) is 5.69 Å². The Hall–Kier alpha value is -4.23. The van der Waals surface area contributed by atoms with Crippen molar-refractivity contribution in [1.29, 1.82) is 0 Å². The summed E-state index contributed by atoms with van der Waals surface area (Å²) in [6.07, 6.45) is 2.22. The second-order valence-corrected chi connectivity index (χ2v) is 9.96. The maximum absolute atomic E-state index is 13.2. The first-order valence-electron chi connectivity index (χ1n) is 11.2. The van der Waals surface area contributed by atoms with Gasteiger partial charge < -0.3 is 4.98 Å². The van der Waals surface area contributed by atoms with Gasteiger partial charge in [0.2, 0.25) is 0 Å². The van der Waals surface area contributed by atoms with E-state index in [9.17, 15) is 13.2 Å². The van der Waals surface area contributed by atoms with Crippen LogP contribution in [-0.4, -0.2) is 24.2 Å². The number of hydrogen-bond acceptors (Lipinski definition) is 4. The van der Waals surface area contributed by atoms with Crippen LogP contribution < -0.4 is 4.72 Å². The fourth-order valence-electron chi connectivity index (χ4n) is 4.07. The molecule has 5 rings (SSSR count). The zero-order valence-electron chi connectivity index (χ0n) is 18.8. The van der Waals surface area contributed by atoms with Crippen LogP contribution in [0.2, 0.25) is 0 Å². The first kappa shape index (κ1) is 22.6. The van der Waals surface area contributed by atoms with Gasteiger partial charge in [-0.1, -0.05) is 66.7 Å². The standard InChI is InChI=1S/C28H23N3O3S/c32-24(17-21-12-15-26-27(18-21)30-19-29-26)16-20-10-13-23(14-11-20)31-35(33,34)28-9-5-4-8-25(28)22-6-2-1-3-7-22/h1-15,18-19,31H,16-17H2,(H,29,30).